The highest BCUT2D eigenvalue weighted by atomic mass is 127. The van der Waals surface area contributed by atoms with E-state index in [1.54, 1.807) is 27.5 Å². The fraction of sp³-hybridized carbons (Fsp3) is 0.478. The van der Waals surface area contributed by atoms with Crippen LogP contribution < -0.4 is 19.5 Å². The second kappa shape index (κ2) is 12.6. The summed E-state index contributed by atoms with van der Waals surface area (Å²) in [6.07, 6.45) is 5.20. The van der Waals surface area contributed by atoms with Gasteiger partial charge in [0.25, 0.3) is 0 Å². The van der Waals surface area contributed by atoms with Gasteiger partial charge in [-0.2, -0.15) is 0 Å². The molecule has 3 rings (SSSR count). The quantitative estimate of drug-likeness (QED) is 0.281. The highest BCUT2D eigenvalue weighted by molar-refractivity contribution is 14.0. The van der Waals surface area contributed by atoms with Gasteiger partial charge in [0, 0.05) is 39.4 Å². The van der Waals surface area contributed by atoms with E-state index in [-0.39, 0.29) is 24.0 Å². The minimum atomic E-state index is 0. The van der Waals surface area contributed by atoms with Crippen molar-refractivity contribution in [3.63, 3.8) is 0 Å². The first-order chi connectivity index (χ1) is 14.6. The zero-order chi connectivity index (χ0) is 21.3. The maximum Gasteiger partial charge on any atom is 0.213 e. The molecular weight excluding hydrogens is 507 g/mol. The topological polar surface area (TPSA) is 68.2 Å². The van der Waals surface area contributed by atoms with Gasteiger partial charge in [-0.15, -0.1) is 24.0 Å². The van der Waals surface area contributed by atoms with E-state index in [0.29, 0.717) is 18.3 Å². The molecule has 1 saturated carbocycles. The Kier molecular flexibility index (Phi) is 10.2. The molecule has 1 N–H and O–H groups in total. The van der Waals surface area contributed by atoms with E-state index in [1.165, 1.54) is 18.4 Å². The van der Waals surface area contributed by atoms with Gasteiger partial charge in [-0.25, -0.2) is 4.98 Å². The third-order valence-electron chi connectivity index (χ3n) is 5.17. The van der Waals surface area contributed by atoms with Crippen LogP contribution in [0, 0.1) is 5.92 Å². The maximum atomic E-state index is 5.78. The molecule has 0 saturated heterocycles. The molecule has 1 aliphatic rings. The maximum absolute atomic E-state index is 5.78. The zero-order valence-electron chi connectivity index (χ0n) is 18.8. The van der Waals surface area contributed by atoms with Crippen LogP contribution in [0.3, 0.4) is 0 Å². The number of nitrogens with zero attached hydrogens (tertiary/aromatic N) is 3. The predicted molar refractivity (Wildman–Crippen MR) is 134 cm³/mol. The number of halogens is 1. The Hall–Kier alpha value is -2.23. The number of methoxy groups -OCH3 is 2. The van der Waals surface area contributed by atoms with Gasteiger partial charge in [0.2, 0.25) is 5.88 Å². The van der Waals surface area contributed by atoms with E-state index >= 15 is 0 Å². The molecule has 7 nitrogen and oxygen atoms in total. The van der Waals surface area contributed by atoms with Crippen molar-refractivity contribution in [2.75, 3.05) is 41.5 Å². The Morgan fingerprint density at radius 3 is 2.58 bits per heavy atom. The summed E-state index contributed by atoms with van der Waals surface area (Å²) in [6, 6.07) is 10.0. The number of likely N-dealkylation sites (N-methyl/N-ethyl adjacent to an activating group) is 1. The number of aliphatic imine (C=N–C) groups is 1. The Labute approximate surface area is 202 Å². The molecule has 8 heteroatoms. The van der Waals surface area contributed by atoms with Crippen LogP contribution in [0.2, 0.25) is 0 Å². The van der Waals surface area contributed by atoms with E-state index in [9.17, 15) is 0 Å². The fourth-order valence-electron chi connectivity index (χ4n) is 3.13. The van der Waals surface area contributed by atoms with Crippen LogP contribution in [-0.2, 0) is 13.0 Å². The average Bonchev–Trinajstić information content (AvgIpc) is 3.61. The molecule has 0 atom stereocenters. The predicted octanol–water partition coefficient (Wildman–Crippen LogP) is 3.76. The molecule has 170 valence electrons. The Balaban J connectivity index is 0.00000341. The molecule has 0 unspecified atom stereocenters. The first kappa shape index (κ1) is 25.0. The van der Waals surface area contributed by atoms with Crippen molar-refractivity contribution in [2.24, 2.45) is 10.9 Å². The normalized spacial score (nSPS) is 13.2. The summed E-state index contributed by atoms with van der Waals surface area (Å²) >= 11 is 0. The number of rotatable bonds is 10. The zero-order valence-corrected chi connectivity index (χ0v) is 21.1. The van der Waals surface area contributed by atoms with Crippen LogP contribution in [0.4, 0.5) is 0 Å². The van der Waals surface area contributed by atoms with Gasteiger partial charge in [-0.1, -0.05) is 6.07 Å². The second-order valence-corrected chi connectivity index (χ2v) is 7.52. The van der Waals surface area contributed by atoms with E-state index in [1.807, 2.05) is 31.3 Å². The molecule has 1 aromatic carbocycles. The van der Waals surface area contributed by atoms with Gasteiger partial charge in [-0.3, -0.25) is 4.99 Å². The van der Waals surface area contributed by atoms with Gasteiger partial charge < -0.3 is 24.4 Å². The highest BCUT2D eigenvalue weighted by Gasteiger charge is 2.22. The van der Waals surface area contributed by atoms with Gasteiger partial charge in [-0.05, 0) is 54.5 Å². The summed E-state index contributed by atoms with van der Waals surface area (Å²) in [4.78, 5) is 10.8. The largest absolute Gasteiger partial charge is 0.493 e. The first-order valence-corrected chi connectivity index (χ1v) is 10.3. The molecule has 31 heavy (non-hydrogen) atoms. The Morgan fingerprint density at radius 1 is 1.13 bits per heavy atom. The summed E-state index contributed by atoms with van der Waals surface area (Å²) in [5, 5.41) is 3.41. The van der Waals surface area contributed by atoms with Crippen molar-refractivity contribution in [1.82, 2.24) is 15.2 Å². The first-order valence-electron chi connectivity index (χ1n) is 10.3. The number of guanidine groups is 1. The van der Waals surface area contributed by atoms with E-state index in [4.69, 9.17) is 14.2 Å². The van der Waals surface area contributed by atoms with Crippen LogP contribution in [0.25, 0.3) is 0 Å². The van der Waals surface area contributed by atoms with Crippen LogP contribution in [0.1, 0.15) is 24.0 Å². The highest BCUT2D eigenvalue weighted by Crippen LogP contribution is 2.29. The van der Waals surface area contributed by atoms with Gasteiger partial charge >= 0.3 is 0 Å². The van der Waals surface area contributed by atoms with Crippen molar-refractivity contribution in [3.05, 3.63) is 47.7 Å². The molecule has 0 radical (unpaired) electrons. The van der Waals surface area contributed by atoms with Crippen molar-refractivity contribution in [2.45, 2.75) is 25.8 Å². The Morgan fingerprint density at radius 2 is 1.90 bits per heavy atom. The number of nitrogens with one attached hydrogen (secondary N) is 1. The number of benzene rings is 1. The summed E-state index contributed by atoms with van der Waals surface area (Å²) in [5.41, 5.74) is 2.30. The van der Waals surface area contributed by atoms with Crippen molar-refractivity contribution in [1.29, 1.82) is 0 Å². The molecule has 0 aliphatic heterocycles. The summed E-state index contributed by atoms with van der Waals surface area (Å²) in [5.74, 6) is 3.74. The second-order valence-electron chi connectivity index (χ2n) is 7.52. The number of pyridine rings is 1. The third kappa shape index (κ3) is 7.75. The van der Waals surface area contributed by atoms with Crippen LogP contribution in [0.15, 0.2) is 41.5 Å². The summed E-state index contributed by atoms with van der Waals surface area (Å²) in [7, 11) is 7.13. The van der Waals surface area contributed by atoms with Crippen LogP contribution in [-0.4, -0.2) is 57.3 Å². The Bertz CT molecular complexity index is 858. The average molecular weight is 540 g/mol. The lowest BCUT2D eigenvalue weighted by Gasteiger charge is -2.22. The molecule has 1 aromatic heterocycles. The molecule has 1 fully saturated rings. The molecule has 2 aromatic rings. The lowest BCUT2D eigenvalue weighted by Crippen LogP contribution is -2.39. The number of aromatic nitrogens is 1. The van der Waals surface area contributed by atoms with Gasteiger partial charge in [0.1, 0.15) is 0 Å². The van der Waals surface area contributed by atoms with Crippen LogP contribution >= 0.6 is 24.0 Å². The summed E-state index contributed by atoms with van der Waals surface area (Å²) in [6.45, 7) is 2.25. The number of ether oxygens (including phenoxy) is 3. The smallest absolute Gasteiger partial charge is 0.213 e. The number of hydrogen-bond acceptors (Lipinski definition) is 5. The van der Waals surface area contributed by atoms with E-state index in [0.717, 1.165) is 42.6 Å². The number of hydrogen-bond donors (Lipinski definition) is 1. The molecule has 0 spiro atoms. The third-order valence-corrected chi connectivity index (χ3v) is 5.17. The molecular formula is C23H33IN4O3. The molecule has 0 bridgehead atoms. The van der Waals surface area contributed by atoms with Crippen molar-refractivity contribution >= 4 is 29.9 Å². The minimum absolute atomic E-state index is 0. The van der Waals surface area contributed by atoms with Crippen molar-refractivity contribution in [3.8, 4) is 17.4 Å². The monoisotopic (exact) mass is 540 g/mol. The molecule has 1 aliphatic carbocycles. The van der Waals surface area contributed by atoms with E-state index in [2.05, 4.69) is 26.3 Å². The standard InChI is InChI=1S/C23H32N4O3.HI/c1-24-23(26-15-19-9-11-25-22(14-19)30-16-18-5-6-18)27(2)12-10-17-7-8-20(28-3)21(13-17)29-4;/h7-9,11,13-14,18H,5-6,10,12,15-16H2,1-4H3,(H,24,26);1H. The lowest BCUT2D eigenvalue weighted by molar-refractivity contribution is 0.288. The fourth-order valence-corrected chi connectivity index (χ4v) is 3.13. The molecule has 1 heterocycles. The molecule has 0 amide bonds. The SMILES string of the molecule is CN=C(NCc1ccnc(OCC2CC2)c1)N(C)CCc1ccc(OC)c(OC)c1.I. The van der Waals surface area contributed by atoms with Gasteiger partial charge in [0.05, 0.1) is 20.8 Å². The lowest BCUT2D eigenvalue weighted by atomic mass is 10.1. The van der Waals surface area contributed by atoms with Crippen LogP contribution in [0.5, 0.6) is 17.4 Å². The summed E-state index contributed by atoms with van der Waals surface area (Å²) < 4.78 is 16.5. The minimum Gasteiger partial charge on any atom is -0.493 e. The van der Waals surface area contributed by atoms with Crippen molar-refractivity contribution < 1.29 is 14.2 Å². The van der Waals surface area contributed by atoms with E-state index < -0.39 is 0 Å². The van der Waals surface area contributed by atoms with Gasteiger partial charge in [0.15, 0.2) is 17.5 Å².